The lowest BCUT2D eigenvalue weighted by molar-refractivity contribution is 0.402. The molecule has 1 rings (SSSR count). The molecule has 0 bridgehead atoms. The molecule has 2 N–H and O–H groups in total. The second kappa shape index (κ2) is 3.28. The van der Waals surface area contributed by atoms with Crippen molar-refractivity contribution in [1.29, 1.82) is 0 Å². The van der Waals surface area contributed by atoms with E-state index in [2.05, 4.69) is 0 Å². The third kappa shape index (κ3) is 1.98. The van der Waals surface area contributed by atoms with Gasteiger partial charge in [0.15, 0.2) is 0 Å². The number of nitrogens with two attached hydrogens (primary N) is 1. The molecular formula is C8H12ClNO. The van der Waals surface area contributed by atoms with E-state index in [9.17, 15) is 0 Å². The van der Waals surface area contributed by atoms with Crippen LogP contribution in [0.1, 0.15) is 25.6 Å². The van der Waals surface area contributed by atoms with Crippen LogP contribution >= 0.6 is 11.6 Å². The Morgan fingerprint density at radius 3 is 2.55 bits per heavy atom. The molecule has 0 aliphatic heterocycles. The predicted molar refractivity (Wildman–Crippen MR) is 45.5 cm³/mol. The number of rotatable bonds is 2. The molecule has 0 fully saturated rings. The first-order valence-corrected chi connectivity index (χ1v) is 3.98. The van der Waals surface area contributed by atoms with Gasteiger partial charge in [0, 0.05) is 0 Å². The van der Waals surface area contributed by atoms with Crippen molar-refractivity contribution >= 4 is 11.6 Å². The van der Waals surface area contributed by atoms with Gasteiger partial charge in [-0.15, -0.1) is 0 Å². The van der Waals surface area contributed by atoms with Crippen molar-refractivity contribution in [2.45, 2.75) is 19.9 Å². The van der Waals surface area contributed by atoms with Gasteiger partial charge >= 0.3 is 0 Å². The SMILES string of the molecule is CC(C)C(N)c1cc(Cl)co1. The van der Waals surface area contributed by atoms with Crippen LogP contribution in [0.15, 0.2) is 16.7 Å². The van der Waals surface area contributed by atoms with Crippen LogP contribution in [0, 0.1) is 5.92 Å². The summed E-state index contributed by atoms with van der Waals surface area (Å²) >= 11 is 5.66. The van der Waals surface area contributed by atoms with E-state index in [0.717, 1.165) is 5.76 Å². The minimum Gasteiger partial charge on any atom is -0.466 e. The Kier molecular flexibility index (Phi) is 2.58. The van der Waals surface area contributed by atoms with Crippen molar-refractivity contribution in [3.05, 3.63) is 23.1 Å². The first-order chi connectivity index (χ1) is 5.11. The van der Waals surface area contributed by atoms with Gasteiger partial charge in [-0.1, -0.05) is 25.4 Å². The maximum atomic E-state index is 5.80. The molecule has 0 saturated carbocycles. The summed E-state index contributed by atoms with van der Waals surface area (Å²) in [6.45, 7) is 4.09. The van der Waals surface area contributed by atoms with Crippen LogP contribution in [0.5, 0.6) is 0 Å². The van der Waals surface area contributed by atoms with E-state index in [0.29, 0.717) is 10.9 Å². The number of hydrogen-bond acceptors (Lipinski definition) is 2. The summed E-state index contributed by atoms with van der Waals surface area (Å²) < 4.78 is 5.13. The number of furan rings is 1. The van der Waals surface area contributed by atoms with Gasteiger partial charge in [0.05, 0.1) is 11.1 Å². The highest BCUT2D eigenvalue weighted by molar-refractivity contribution is 6.30. The molecule has 3 heteroatoms. The molecule has 1 aromatic heterocycles. The summed E-state index contributed by atoms with van der Waals surface area (Å²) in [5, 5.41) is 0.608. The molecule has 0 aliphatic rings. The topological polar surface area (TPSA) is 39.2 Å². The molecule has 11 heavy (non-hydrogen) atoms. The third-order valence-electron chi connectivity index (χ3n) is 1.63. The molecule has 1 heterocycles. The molecule has 0 amide bonds. The molecule has 2 nitrogen and oxygen atoms in total. The molecule has 1 unspecified atom stereocenters. The van der Waals surface area contributed by atoms with E-state index < -0.39 is 0 Å². The van der Waals surface area contributed by atoms with Gasteiger partial charge in [-0.05, 0) is 12.0 Å². The first-order valence-electron chi connectivity index (χ1n) is 3.60. The highest BCUT2D eigenvalue weighted by Crippen LogP contribution is 2.23. The minimum atomic E-state index is -0.0532. The molecule has 0 spiro atoms. The van der Waals surface area contributed by atoms with E-state index in [1.165, 1.54) is 6.26 Å². The lowest BCUT2D eigenvalue weighted by atomic mass is 10.0. The summed E-state index contributed by atoms with van der Waals surface area (Å²) in [6.07, 6.45) is 1.50. The Labute approximate surface area is 71.3 Å². The van der Waals surface area contributed by atoms with E-state index in [4.69, 9.17) is 21.8 Å². The van der Waals surface area contributed by atoms with Crippen molar-refractivity contribution in [1.82, 2.24) is 0 Å². The number of halogens is 1. The smallest absolute Gasteiger partial charge is 0.122 e. The Morgan fingerprint density at radius 1 is 1.55 bits per heavy atom. The molecule has 1 atom stereocenters. The highest BCUT2D eigenvalue weighted by Gasteiger charge is 2.13. The van der Waals surface area contributed by atoms with Crippen LogP contribution in [0.4, 0.5) is 0 Å². The molecule has 62 valence electrons. The van der Waals surface area contributed by atoms with Crippen LogP contribution in [0.25, 0.3) is 0 Å². The number of hydrogen-bond donors (Lipinski definition) is 1. The van der Waals surface area contributed by atoms with Crippen molar-refractivity contribution in [3.63, 3.8) is 0 Å². The molecular weight excluding hydrogens is 162 g/mol. The van der Waals surface area contributed by atoms with Gasteiger partial charge in [0.25, 0.3) is 0 Å². The zero-order chi connectivity index (χ0) is 8.43. The summed E-state index contributed by atoms with van der Waals surface area (Å²) in [7, 11) is 0. The second-order valence-electron chi connectivity index (χ2n) is 2.94. The lowest BCUT2D eigenvalue weighted by Gasteiger charge is -2.11. The van der Waals surface area contributed by atoms with Crippen LogP contribution < -0.4 is 5.73 Å². The quantitative estimate of drug-likeness (QED) is 0.747. The largest absolute Gasteiger partial charge is 0.466 e. The van der Waals surface area contributed by atoms with E-state index in [1.807, 2.05) is 13.8 Å². The van der Waals surface area contributed by atoms with Crippen molar-refractivity contribution in [2.24, 2.45) is 11.7 Å². The first kappa shape index (κ1) is 8.62. The molecule has 0 saturated heterocycles. The summed E-state index contributed by atoms with van der Waals surface area (Å²) in [5.74, 6) is 1.13. The fourth-order valence-electron chi connectivity index (χ4n) is 0.832. The second-order valence-corrected chi connectivity index (χ2v) is 3.37. The predicted octanol–water partition coefficient (Wildman–Crippen LogP) is 2.59. The fraction of sp³-hybridized carbons (Fsp3) is 0.500. The zero-order valence-electron chi connectivity index (χ0n) is 6.67. The van der Waals surface area contributed by atoms with Gasteiger partial charge in [0.2, 0.25) is 0 Å². The van der Waals surface area contributed by atoms with Gasteiger partial charge in [0.1, 0.15) is 12.0 Å². The maximum Gasteiger partial charge on any atom is 0.122 e. The summed E-state index contributed by atoms with van der Waals surface area (Å²) in [4.78, 5) is 0. The maximum absolute atomic E-state index is 5.80. The van der Waals surface area contributed by atoms with Crippen molar-refractivity contribution < 1.29 is 4.42 Å². The summed E-state index contributed by atoms with van der Waals surface area (Å²) in [5.41, 5.74) is 5.80. The van der Waals surface area contributed by atoms with E-state index >= 15 is 0 Å². The summed E-state index contributed by atoms with van der Waals surface area (Å²) in [6, 6.07) is 1.70. The Bertz CT molecular complexity index is 232. The van der Waals surface area contributed by atoms with Gasteiger partial charge in [-0.25, -0.2) is 0 Å². The average molecular weight is 174 g/mol. The monoisotopic (exact) mass is 173 g/mol. The Hall–Kier alpha value is -0.470. The lowest BCUT2D eigenvalue weighted by Crippen LogP contribution is -2.15. The van der Waals surface area contributed by atoms with Gasteiger partial charge < -0.3 is 10.2 Å². The normalized spacial score (nSPS) is 13.9. The zero-order valence-corrected chi connectivity index (χ0v) is 7.43. The van der Waals surface area contributed by atoms with Crippen LogP contribution in [0.3, 0.4) is 0 Å². The van der Waals surface area contributed by atoms with Crippen molar-refractivity contribution in [2.75, 3.05) is 0 Å². The average Bonchev–Trinajstić information content (AvgIpc) is 2.34. The Balaban J connectivity index is 2.76. The molecule has 1 aromatic rings. The minimum absolute atomic E-state index is 0.0532. The van der Waals surface area contributed by atoms with Crippen LogP contribution in [-0.4, -0.2) is 0 Å². The highest BCUT2D eigenvalue weighted by atomic mass is 35.5. The standard InChI is InChI=1S/C8H12ClNO/c1-5(2)8(10)7-3-6(9)4-11-7/h3-5,8H,10H2,1-2H3. The van der Waals surface area contributed by atoms with Gasteiger partial charge in [-0.3, -0.25) is 0 Å². The third-order valence-corrected chi connectivity index (χ3v) is 1.83. The van der Waals surface area contributed by atoms with Crippen LogP contribution in [0.2, 0.25) is 5.02 Å². The Morgan fingerprint density at radius 2 is 2.18 bits per heavy atom. The van der Waals surface area contributed by atoms with Crippen molar-refractivity contribution in [3.8, 4) is 0 Å². The van der Waals surface area contributed by atoms with E-state index in [1.54, 1.807) is 6.07 Å². The molecule has 0 aliphatic carbocycles. The molecule has 0 aromatic carbocycles. The van der Waals surface area contributed by atoms with Gasteiger partial charge in [-0.2, -0.15) is 0 Å². The van der Waals surface area contributed by atoms with E-state index in [-0.39, 0.29) is 6.04 Å². The van der Waals surface area contributed by atoms with Crippen LogP contribution in [-0.2, 0) is 0 Å². The molecule has 0 radical (unpaired) electrons. The fourth-order valence-corrected chi connectivity index (χ4v) is 0.984.